The van der Waals surface area contributed by atoms with E-state index in [9.17, 15) is 4.79 Å². The number of alkyl halides is 2. The maximum Gasteiger partial charge on any atom is 0.276 e. The molecule has 2 fully saturated rings. The average molecular weight is 620 g/mol. The van der Waals surface area contributed by atoms with Gasteiger partial charge in [0.1, 0.15) is 23.5 Å². The lowest BCUT2D eigenvalue weighted by Gasteiger charge is -2.38. The Kier molecular flexibility index (Phi) is 9.52. The lowest BCUT2D eigenvalue weighted by Crippen LogP contribution is -2.50. The number of pyridine rings is 1. The molecule has 45 heavy (non-hydrogen) atoms. The number of benzene rings is 1. The smallest absolute Gasteiger partial charge is 0.276 e. The van der Waals surface area contributed by atoms with Crippen molar-refractivity contribution in [1.82, 2.24) is 24.3 Å². The van der Waals surface area contributed by atoms with Gasteiger partial charge in [0.25, 0.3) is 11.5 Å². The van der Waals surface area contributed by atoms with Gasteiger partial charge in [0.15, 0.2) is 0 Å². The van der Waals surface area contributed by atoms with Crippen LogP contribution in [0.5, 0.6) is 0 Å². The van der Waals surface area contributed by atoms with Crippen molar-refractivity contribution < 1.29 is 8.78 Å². The predicted octanol–water partition coefficient (Wildman–Crippen LogP) is 6.04. The Morgan fingerprint density at radius 1 is 0.956 bits per heavy atom. The number of fused-ring (bicyclic) bond motifs is 8. The third-order valence-electron chi connectivity index (χ3n) is 10.0. The molecule has 242 valence electrons. The highest BCUT2D eigenvalue weighted by Crippen LogP contribution is 2.42. The number of nitrogens with one attached hydrogen (secondary N) is 1. The number of allylic oxidation sites excluding steroid dienone is 1. The second-order valence-corrected chi connectivity index (χ2v) is 13.2. The van der Waals surface area contributed by atoms with E-state index in [0.717, 1.165) is 62.9 Å². The first-order valence-electron chi connectivity index (χ1n) is 16.7. The Hall–Kier alpha value is -3.37. The summed E-state index contributed by atoms with van der Waals surface area (Å²) in [5, 5.41) is 4.26. The van der Waals surface area contributed by atoms with Crippen LogP contribution in [0.2, 0.25) is 0 Å². The van der Waals surface area contributed by atoms with Crippen LogP contribution in [0.3, 0.4) is 0 Å². The number of aryl methyl sites for hydroxylation is 1. The fourth-order valence-corrected chi connectivity index (χ4v) is 7.09. The first kappa shape index (κ1) is 31.6. The SMILES string of the molecule is CC(C)N1CCN(c2cc3c4ncnc3n(c2=O)CCCC/C=C/CN2CCC(CC2)C(F)(F)c2cccc(c2)[C@@H](C)N4)CC1. The van der Waals surface area contributed by atoms with Gasteiger partial charge in [-0.3, -0.25) is 19.2 Å². The number of hydrogen-bond acceptors (Lipinski definition) is 7. The summed E-state index contributed by atoms with van der Waals surface area (Å²) >= 11 is 0. The summed E-state index contributed by atoms with van der Waals surface area (Å²) in [6, 6.07) is 8.93. The lowest BCUT2D eigenvalue weighted by molar-refractivity contribution is -0.0847. The van der Waals surface area contributed by atoms with Crippen molar-refractivity contribution in [1.29, 1.82) is 0 Å². The van der Waals surface area contributed by atoms with E-state index in [2.05, 4.69) is 56.0 Å². The molecule has 0 amide bonds. The van der Waals surface area contributed by atoms with Gasteiger partial charge in [0.05, 0.1) is 5.39 Å². The topological polar surface area (TPSA) is 69.5 Å². The van der Waals surface area contributed by atoms with Crippen LogP contribution in [-0.4, -0.2) is 76.2 Å². The Bertz CT molecular complexity index is 1560. The summed E-state index contributed by atoms with van der Waals surface area (Å²) in [4.78, 5) is 30.1. The van der Waals surface area contributed by atoms with E-state index in [1.54, 1.807) is 18.2 Å². The van der Waals surface area contributed by atoms with Crippen molar-refractivity contribution in [2.75, 3.05) is 56.0 Å². The van der Waals surface area contributed by atoms with E-state index < -0.39 is 11.8 Å². The fourth-order valence-electron chi connectivity index (χ4n) is 7.09. The highest BCUT2D eigenvalue weighted by Gasteiger charge is 2.42. The van der Waals surface area contributed by atoms with Crippen LogP contribution in [0.1, 0.15) is 70.0 Å². The molecule has 0 spiro atoms. The standard InChI is InChI=1S/C35H47F2N7O/c1-25(2)42-18-20-43(21-19-42)31-23-30-32-38-24-39-33(30)44(34(31)45)15-8-6-4-5-7-14-41-16-12-28(13-17-41)35(36,37)29-11-9-10-27(22-29)26(3)40-32/h5,7,9-11,22-26,28H,4,6,8,12-21H2,1-3H3,(H,38,39,40)/b7-5+/t26-/m1/s1. The highest BCUT2D eigenvalue weighted by atomic mass is 19.3. The van der Waals surface area contributed by atoms with E-state index in [4.69, 9.17) is 0 Å². The number of nitrogens with zero attached hydrogens (tertiary/aromatic N) is 6. The predicted molar refractivity (Wildman–Crippen MR) is 177 cm³/mol. The van der Waals surface area contributed by atoms with Crippen LogP contribution in [0.15, 0.2) is 53.6 Å². The van der Waals surface area contributed by atoms with Gasteiger partial charge in [0, 0.05) is 62.8 Å². The van der Waals surface area contributed by atoms with Crippen molar-refractivity contribution in [2.24, 2.45) is 5.92 Å². The van der Waals surface area contributed by atoms with E-state index in [1.165, 1.54) is 6.33 Å². The Morgan fingerprint density at radius 2 is 1.73 bits per heavy atom. The molecule has 2 aromatic heterocycles. The zero-order valence-electron chi connectivity index (χ0n) is 26.9. The van der Waals surface area contributed by atoms with Gasteiger partial charge < -0.3 is 10.2 Å². The zero-order chi connectivity index (χ0) is 31.6. The average Bonchev–Trinajstić information content (AvgIpc) is 3.05. The number of aromatic nitrogens is 3. The zero-order valence-corrected chi connectivity index (χ0v) is 26.9. The molecular weight excluding hydrogens is 572 g/mol. The molecule has 0 saturated carbocycles. The third-order valence-corrected chi connectivity index (χ3v) is 10.0. The van der Waals surface area contributed by atoms with Crippen molar-refractivity contribution in [3.05, 3.63) is 70.3 Å². The molecular formula is C35H47F2N7O. The second-order valence-electron chi connectivity index (χ2n) is 13.2. The highest BCUT2D eigenvalue weighted by molar-refractivity contribution is 5.89. The summed E-state index contributed by atoms with van der Waals surface area (Å²) in [7, 11) is 0. The molecule has 0 aliphatic carbocycles. The van der Waals surface area contributed by atoms with E-state index in [0.29, 0.717) is 55.7 Å². The fraction of sp³-hybridized carbons (Fsp3) is 0.571. The number of piperazine rings is 1. The van der Waals surface area contributed by atoms with E-state index in [1.807, 2.05) is 23.6 Å². The molecule has 1 atom stereocenters. The molecule has 1 N–H and O–H groups in total. The van der Waals surface area contributed by atoms with Crippen molar-refractivity contribution in [3.8, 4) is 0 Å². The van der Waals surface area contributed by atoms with Crippen molar-refractivity contribution in [2.45, 2.75) is 77.4 Å². The maximum atomic E-state index is 15.9. The largest absolute Gasteiger partial charge is 0.364 e. The van der Waals surface area contributed by atoms with Crippen LogP contribution < -0.4 is 15.8 Å². The number of halogens is 2. The van der Waals surface area contributed by atoms with Crippen LogP contribution >= 0.6 is 0 Å². The third kappa shape index (κ3) is 6.77. The van der Waals surface area contributed by atoms with Gasteiger partial charge in [-0.05, 0) is 83.7 Å². The molecule has 6 heterocycles. The first-order chi connectivity index (χ1) is 21.7. The molecule has 8 nitrogen and oxygen atoms in total. The van der Waals surface area contributed by atoms with Gasteiger partial charge in [-0.25, -0.2) is 18.7 Å². The molecule has 0 radical (unpaired) electrons. The van der Waals surface area contributed by atoms with E-state index in [-0.39, 0.29) is 17.2 Å². The molecule has 4 aliphatic heterocycles. The van der Waals surface area contributed by atoms with Gasteiger partial charge in [0.2, 0.25) is 0 Å². The molecule has 10 heteroatoms. The maximum absolute atomic E-state index is 15.9. The lowest BCUT2D eigenvalue weighted by atomic mass is 9.85. The van der Waals surface area contributed by atoms with Crippen molar-refractivity contribution in [3.63, 3.8) is 0 Å². The number of rotatable bonds is 2. The van der Waals surface area contributed by atoms with Crippen LogP contribution in [0.25, 0.3) is 11.0 Å². The van der Waals surface area contributed by atoms with Crippen LogP contribution in [0.4, 0.5) is 20.3 Å². The Morgan fingerprint density at radius 3 is 2.49 bits per heavy atom. The summed E-state index contributed by atoms with van der Waals surface area (Å²) in [5.74, 6) is -2.97. The van der Waals surface area contributed by atoms with Crippen molar-refractivity contribution >= 4 is 22.5 Å². The molecule has 0 unspecified atom stereocenters. The number of hydrogen-bond donors (Lipinski definition) is 1. The normalized spacial score (nSPS) is 25.6. The quantitative estimate of drug-likeness (QED) is 0.351. The van der Waals surface area contributed by atoms with E-state index >= 15 is 8.78 Å². The Labute approximate surface area is 265 Å². The second kappa shape index (κ2) is 13.5. The summed E-state index contributed by atoms with van der Waals surface area (Å²) in [6.45, 7) is 12.4. The molecule has 7 rings (SSSR count). The summed E-state index contributed by atoms with van der Waals surface area (Å²) in [5.41, 5.74) is 2.08. The first-order valence-corrected chi connectivity index (χ1v) is 16.7. The molecule has 1 aromatic carbocycles. The molecule has 4 aliphatic rings. The molecule has 3 aromatic rings. The summed E-state index contributed by atoms with van der Waals surface area (Å²) in [6.07, 6.45) is 9.50. The van der Waals surface area contributed by atoms with Crippen LogP contribution in [0, 0.1) is 5.92 Å². The van der Waals surface area contributed by atoms with Gasteiger partial charge in [-0.1, -0.05) is 30.4 Å². The summed E-state index contributed by atoms with van der Waals surface area (Å²) < 4.78 is 33.5. The minimum Gasteiger partial charge on any atom is -0.364 e. The van der Waals surface area contributed by atoms with Gasteiger partial charge in [-0.15, -0.1) is 0 Å². The van der Waals surface area contributed by atoms with Gasteiger partial charge in [-0.2, -0.15) is 0 Å². The molecule has 8 bridgehead atoms. The van der Waals surface area contributed by atoms with Gasteiger partial charge >= 0.3 is 0 Å². The van der Waals surface area contributed by atoms with Crippen LogP contribution in [-0.2, 0) is 12.5 Å². The minimum absolute atomic E-state index is 0.0225. The minimum atomic E-state index is -2.90. The Balaban J connectivity index is 1.38. The number of piperidine rings is 1. The number of anilines is 2. The molecule has 2 saturated heterocycles. The monoisotopic (exact) mass is 619 g/mol.